The molecular weight excluding hydrogens is 857 g/mol. The van der Waals surface area contributed by atoms with Crippen molar-refractivity contribution in [2.75, 3.05) is 4.90 Å². The summed E-state index contributed by atoms with van der Waals surface area (Å²) in [5, 5.41) is 2.46. The summed E-state index contributed by atoms with van der Waals surface area (Å²) in [5.74, 6) is 0. The molecule has 1 aliphatic rings. The van der Waals surface area contributed by atoms with E-state index in [0.29, 0.717) is 0 Å². The molecule has 1 aliphatic carbocycles. The molecule has 0 spiro atoms. The van der Waals surface area contributed by atoms with E-state index in [9.17, 15) is 0 Å². The number of rotatable bonds is 9. The fourth-order valence-electron chi connectivity index (χ4n) is 11.5. The van der Waals surface area contributed by atoms with Gasteiger partial charge in [-0.2, -0.15) is 0 Å². The van der Waals surface area contributed by atoms with Gasteiger partial charge in [0.25, 0.3) is 0 Å². The molecular formula is C69H50N2. The Morgan fingerprint density at radius 2 is 0.817 bits per heavy atom. The third-order valence-corrected chi connectivity index (χ3v) is 14.8. The maximum Gasteiger partial charge on any atom is 0.0619 e. The summed E-state index contributed by atoms with van der Waals surface area (Å²) < 4.78 is 2.44. The van der Waals surface area contributed by atoms with Crippen LogP contribution in [-0.2, 0) is 5.41 Å². The Balaban J connectivity index is 1.11. The summed E-state index contributed by atoms with van der Waals surface area (Å²) in [7, 11) is 0. The first kappa shape index (κ1) is 42.1. The topological polar surface area (TPSA) is 8.17 Å². The number of hydrogen-bond acceptors (Lipinski definition) is 1. The van der Waals surface area contributed by atoms with E-state index in [-0.39, 0.29) is 5.41 Å². The van der Waals surface area contributed by atoms with Gasteiger partial charge < -0.3 is 9.47 Å². The van der Waals surface area contributed by atoms with E-state index in [0.717, 1.165) is 45.0 Å². The van der Waals surface area contributed by atoms with Gasteiger partial charge in [-0.1, -0.05) is 226 Å². The highest BCUT2D eigenvalue weighted by atomic mass is 15.1. The van der Waals surface area contributed by atoms with Crippen LogP contribution >= 0.6 is 0 Å². The molecule has 0 unspecified atom stereocenters. The minimum absolute atomic E-state index is 0.139. The Labute approximate surface area is 416 Å². The molecule has 1 aromatic heterocycles. The maximum atomic E-state index is 2.52. The van der Waals surface area contributed by atoms with Crippen molar-refractivity contribution in [3.8, 4) is 72.4 Å². The van der Waals surface area contributed by atoms with Crippen molar-refractivity contribution in [3.63, 3.8) is 0 Å². The molecule has 12 aromatic rings. The average Bonchev–Trinajstić information content (AvgIpc) is 3.90. The maximum absolute atomic E-state index is 2.52. The minimum atomic E-state index is -0.139. The highest BCUT2D eigenvalue weighted by Crippen LogP contribution is 2.55. The number of anilines is 3. The highest BCUT2D eigenvalue weighted by molar-refractivity contribution is 6.14. The number of nitrogens with zero attached hydrogens (tertiary/aromatic N) is 2. The van der Waals surface area contributed by atoms with E-state index >= 15 is 0 Å². The lowest BCUT2D eigenvalue weighted by Gasteiger charge is -2.31. The van der Waals surface area contributed by atoms with E-state index < -0.39 is 0 Å². The molecule has 71 heavy (non-hydrogen) atoms. The summed E-state index contributed by atoms with van der Waals surface area (Å²) in [4.78, 5) is 2.52. The van der Waals surface area contributed by atoms with Crippen LogP contribution in [0.5, 0.6) is 0 Å². The van der Waals surface area contributed by atoms with Crippen LogP contribution in [0.25, 0.3) is 94.3 Å². The highest BCUT2D eigenvalue weighted by Gasteiger charge is 2.37. The Hall–Kier alpha value is -8.98. The Morgan fingerprint density at radius 3 is 1.54 bits per heavy atom. The van der Waals surface area contributed by atoms with Crippen LogP contribution in [0.2, 0.25) is 0 Å². The van der Waals surface area contributed by atoms with Gasteiger partial charge in [-0.3, -0.25) is 0 Å². The van der Waals surface area contributed by atoms with Gasteiger partial charge in [0, 0.05) is 44.4 Å². The van der Waals surface area contributed by atoms with Crippen LogP contribution in [0.1, 0.15) is 25.0 Å². The van der Waals surface area contributed by atoms with Gasteiger partial charge in [-0.15, -0.1) is 0 Å². The molecule has 11 aromatic carbocycles. The minimum Gasteiger partial charge on any atom is -0.310 e. The largest absolute Gasteiger partial charge is 0.310 e. The number of hydrogen-bond donors (Lipinski definition) is 0. The predicted octanol–water partition coefficient (Wildman–Crippen LogP) is 18.9. The third kappa shape index (κ3) is 7.10. The first-order valence-corrected chi connectivity index (χ1v) is 24.7. The van der Waals surface area contributed by atoms with Gasteiger partial charge in [-0.05, 0) is 121 Å². The molecule has 0 atom stereocenters. The molecule has 2 heteroatoms. The van der Waals surface area contributed by atoms with Crippen LogP contribution in [0.15, 0.2) is 267 Å². The zero-order valence-electron chi connectivity index (χ0n) is 39.8. The second-order valence-corrected chi connectivity index (χ2v) is 19.2. The average molecular weight is 907 g/mol. The van der Waals surface area contributed by atoms with Gasteiger partial charge in [-0.25, -0.2) is 0 Å². The van der Waals surface area contributed by atoms with Crippen LogP contribution in [0.4, 0.5) is 17.1 Å². The Kier molecular flexibility index (Phi) is 10.2. The summed E-state index contributed by atoms with van der Waals surface area (Å²) in [5.41, 5.74) is 23.6. The van der Waals surface area contributed by atoms with Crippen molar-refractivity contribution in [1.29, 1.82) is 0 Å². The van der Waals surface area contributed by atoms with Crippen LogP contribution in [-0.4, -0.2) is 4.57 Å². The molecule has 0 fully saturated rings. The van der Waals surface area contributed by atoms with Crippen molar-refractivity contribution < 1.29 is 0 Å². The lowest BCUT2D eigenvalue weighted by atomic mass is 9.81. The van der Waals surface area contributed by atoms with Gasteiger partial charge >= 0.3 is 0 Å². The molecule has 0 saturated carbocycles. The van der Waals surface area contributed by atoms with Crippen molar-refractivity contribution in [2.45, 2.75) is 19.3 Å². The summed E-state index contributed by atoms with van der Waals surface area (Å²) in [6.07, 6.45) is 0. The predicted molar refractivity (Wildman–Crippen MR) is 300 cm³/mol. The van der Waals surface area contributed by atoms with E-state index in [1.54, 1.807) is 0 Å². The molecule has 1 heterocycles. The molecule has 336 valence electrons. The second-order valence-electron chi connectivity index (χ2n) is 19.2. The van der Waals surface area contributed by atoms with E-state index in [2.05, 4.69) is 290 Å². The molecule has 0 N–H and O–H groups in total. The normalized spacial score (nSPS) is 12.5. The molecule has 0 aliphatic heterocycles. The summed E-state index contributed by atoms with van der Waals surface area (Å²) in [6, 6.07) is 98.1. The fourth-order valence-corrected chi connectivity index (χ4v) is 11.5. The summed E-state index contributed by atoms with van der Waals surface area (Å²) in [6.45, 7) is 4.74. The van der Waals surface area contributed by atoms with Crippen LogP contribution in [0, 0.1) is 0 Å². The van der Waals surface area contributed by atoms with Crippen LogP contribution < -0.4 is 4.90 Å². The smallest absolute Gasteiger partial charge is 0.0619 e. The van der Waals surface area contributed by atoms with Crippen molar-refractivity contribution in [3.05, 3.63) is 278 Å². The van der Waals surface area contributed by atoms with E-state index in [1.807, 2.05) is 0 Å². The zero-order valence-corrected chi connectivity index (χ0v) is 39.8. The lowest BCUT2D eigenvalue weighted by Crippen LogP contribution is -2.14. The number of fused-ring (bicyclic) bond motifs is 6. The number of para-hydroxylation sites is 3. The number of aromatic nitrogens is 1. The van der Waals surface area contributed by atoms with Crippen molar-refractivity contribution in [2.24, 2.45) is 0 Å². The second kappa shape index (κ2) is 17.2. The first-order valence-electron chi connectivity index (χ1n) is 24.7. The third-order valence-electron chi connectivity index (χ3n) is 14.8. The monoisotopic (exact) mass is 906 g/mol. The van der Waals surface area contributed by atoms with Gasteiger partial charge in [0.05, 0.1) is 16.7 Å². The Morgan fingerprint density at radius 1 is 0.324 bits per heavy atom. The van der Waals surface area contributed by atoms with Gasteiger partial charge in [0.1, 0.15) is 0 Å². The van der Waals surface area contributed by atoms with Gasteiger partial charge in [0.15, 0.2) is 0 Å². The SMILES string of the molecule is CC1(C)c2ccccc2-c2c(-c3cccc(N(c4cc(-c5ccccc5)cc(-c5ccccc5)c4)c4cccc(-c5cccc6c7ccccc7n(-c7ccccc7)c56)c4)c3-c3ccccc3)cccc21. The molecule has 0 amide bonds. The molecule has 0 radical (unpaired) electrons. The van der Waals surface area contributed by atoms with E-state index in [4.69, 9.17) is 0 Å². The number of benzene rings is 11. The molecule has 13 rings (SSSR count). The van der Waals surface area contributed by atoms with E-state index in [1.165, 1.54) is 77.4 Å². The summed E-state index contributed by atoms with van der Waals surface area (Å²) >= 11 is 0. The van der Waals surface area contributed by atoms with Crippen molar-refractivity contribution >= 4 is 38.9 Å². The molecule has 2 nitrogen and oxygen atoms in total. The standard InChI is InChI=1S/C69H50N2/c1-69(2)62-39-17-15-34-61(62)67-59(36-21-40-63(67)69)58-37-22-42-65(66(58)49-27-11-5-12-28-49)70(55-45-51(47-23-7-3-8-24-47)43-52(46-55)48-25-9-4-10-26-48)54-32-19-29-50(44-54)56-35-20-38-60-57-33-16-18-41-64(57)71(68(56)60)53-30-13-6-14-31-53/h3-46H,1-2H3. The molecule has 0 saturated heterocycles. The molecule has 0 bridgehead atoms. The van der Waals surface area contributed by atoms with Gasteiger partial charge in [0.2, 0.25) is 0 Å². The first-order chi connectivity index (χ1) is 35.0. The zero-order chi connectivity index (χ0) is 47.5. The Bertz CT molecular complexity index is 3880. The van der Waals surface area contributed by atoms with Crippen molar-refractivity contribution in [1.82, 2.24) is 4.57 Å². The lowest BCUT2D eigenvalue weighted by molar-refractivity contribution is 0.660. The fraction of sp³-hybridized carbons (Fsp3) is 0.0435. The van der Waals surface area contributed by atoms with Crippen LogP contribution in [0.3, 0.4) is 0 Å². The quantitative estimate of drug-likeness (QED) is 0.140.